The van der Waals surface area contributed by atoms with E-state index in [9.17, 15) is 9.59 Å². The summed E-state index contributed by atoms with van der Waals surface area (Å²) in [6.07, 6.45) is 4.47. The second kappa shape index (κ2) is 6.99. The van der Waals surface area contributed by atoms with Gasteiger partial charge in [-0.05, 0) is 31.0 Å². The van der Waals surface area contributed by atoms with Gasteiger partial charge in [-0.3, -0.25) is 4.79 Å². The number of hydrogen-bond acceptors (Lipinski definition) is 3. The highest BCUT2D eigenvalue weighted by Crippen LogP contribution is 2.25. The molecule has 0 atom stereocenters. The Hall–Kier alpha value is -1.20. The van der Waals surface area contributed by atoms with Crippen LogP contribution in [0, 0.1) is 0 Å². The van der Waals surface area contributed by atoms with Crippen molar-refractivity contribution >= 4 is 35.2 Å². The van der Waals surface area contributed by atoms with Crippen LogP contribution in [0.15, 0.2) is 23.1 Å². The molecule has 1 aliphatic carbocycles. The van der Waals surface area contributed by atoms with Gasteiger partial charge in [-0.25, -0.2) is 4.79 Å². The summed E-state index contributed by atoms with van der Waals surface area (Å²) < 4.78 is 0. The van der Waals surface area contributed by atoms with Crippen LogP contribution in [-0.2, 0) is 4.79 Å². The zero-order valence-electron chi connectivity index (χ0n) is 10.9. The summed E-state index contributed by atoms with van der Waals surface area (Å²) in [6.45, 7) is 0. The molecule has 6 heteroatoms. The van der Waals surface area contributed by atoms with E-state index in [2.05, 4.69) is 5.32 Å². The second-order valence-corrected chi connectivity index (χ2v) is 6.24. The van der Waals surface area contributed by atoms with E-state index in [-0.39, 0.29) is 22.2 Å². The minimum Gasteiger partial charge on any atom is -0.478 e. The van der Waals surface area contributed by atoms with E-state index in [0.717, 1.165) is 17.7 Å². The van der Waals surface area contributed by atoms with E-state index < -0.39 is 5.97 Å². The SMILES string of the molecule is O=C(CSc1ccc(Cl)c(C(=O)O)c1)NC1CCCC1. The first kappa shape index (κ1) is 15.2. The van der Waals surface area contributed by atoms with Crippen molar-refractivity contribution in [2.45, 2.75) is 36.6 Å². The minimum atomic E-state index is -1.06. The molecule has 0 saturated heterocycles. The molecule has 1 saturated carbocycles. The number of aromatic carboxylic acids is 1. The summed E-state index contributed by atoms with van der Waals surface area (Å²) in [6, 6.07) is 5.07. The first-order chi connectivity index (χ1) is 9.56. The molecule has 1 fully saturated rings. The van der Waals surface area contributed by atoms with Crippen molar-refractivity contribution in [1.29, 1.82) is 0 Å². The van der Waals surface area contributed by atoms with E-state index in [1.54, 1.807) is 12.1 Å². The van der Waals surface area contributed by atoms with E-state index in [4.69, 9.17) is 16.7 Å². The van der Waals surface area contributed by atoms with E-state index in [1.807, 2.05) is 0 Å². The van der Waals surface area contributed by atoms with Gasteiger partial charge in [-0.2, -0.15) is 0 Å². The highest BCUT2D eigenvalue weighted by Gasteiger charge is 2.17. The fraction of sp³-hybridized carbons (Fsp3) is 0.429. The Balaban J connectivity index is 1.88. The van der Waals surface area contributed by atoms with E-state index in [0.29, 0.717) is 6.04 Å². The summed E-state index contributed by atoms with van der Waals surface area (Å²) in [5, 5.41) is 12.2. The lowest BCUT2D eigenvalue weighted by atomic mass is 10.2. The van der Waals surface area contributed by atoms with Gasteiger partial charge in [0.1, 0.15) is 0 Å². The van der Waals surface area contributed by atoms with Gasteiger partial charge in [0, 0.05) is 10.9 Å². The molecule has 0 spiro atoms. The lowest BCUT2D eigenvalue weighted by molar-refractivity contribution is -0.119. The third-order valence-corrected chi connectivity index (χ3v) is 4.58. The topological polar surface area (TPSA) is 66.4 Å². The number of nitrogens with one attached hydrogen (secondary N) is 1. The van der Waals surface area contributed by atoms with Crippen LogP contribution in [0.5, 0.6) is 0 Å². The van der Waals surface area contributed by atoms with Gasteiger partial charge in [0.05, 0.1) is 16.3 Å². The predicted octanol–water partition coefficient (Wildman–Crippen LogP) is 3.19. The highest BCUT2D eigenvalue weighted by atomic mass is 35.5. The molecular weight excluding hydrogens is 298 g/mol. The quantitative estimate of drug-likeness (QED) is 0.819. The first-order valence-electron chi connectivity index (χ1n) is 6.51. The van der Waals surface area contributed by atoms with Crippen LogP contribution in [0.1, 0.15) is 36.0 Å². The van der Waals surface area contributed by atoms with Crippen LogP contribution in [0.4, 0.5) is 0 Å². The second-order valence-electron chi connectivity index (χ2n) is 4.78. The molecule has 0 bridgehead atoms. The molecule has 0 aliphatic heterocycles. The average Bonchev–Trinajstić information content (AvgIpc) is 2.90. The zero-order chi connectivity index (χ0) is 14.5. The Kier molecular flexibility index (Phi) is 5.31. The highest BCUT2D eigenvalue weighted by molar-refractivity contribution is 8.00. The van der Waals surface area contributed by atoms with Gasteiger partial charge in [0.2, 0.25) is 5.91 Å². The lowest BCUT2D eigenvalue weighted by Gasteiger charge is -2.11. The van der Waals surface area contributed by atoms with Crippen LogP contribution in [0.25, 0.3) is 0 Å². The number of carbonyl (C=O) groups is 2. The average molecular weight is 314 g/mol. The van der Waals surface area contributed by atoms with Crippen LogP contribution < -0.4 is 5.32 Å². The number of hydrogen-bond donors (Lipinski definition) is 2. The third-order valence-electron chi connectivity index (χ3n) is 3.26. The van der Waals surface area contributed by atoms with Crippen molar-refractivity contribution in [2.24, 2.45) is 0 Å². The summed E-state index contributed by atoms with van der Waals surface area (Å²) in [7, 11) is 0. The van der Waals surface area contributed by atoms with Gasteiger partial charge in [0.15, 0.2) is 0 Å². The van der Waals surface area contributed by atoms with Gasteiger partial charge in [0.25, 0.3) is 0 Å². The lowest BCUT2D eigenvalue weighted by Crippen LogP contribution is -2.33. The zero-order valence-corrected chi connectivity index (χ0v) is 12.5. The molecule has 0 unspecified atom stereocenters. The molecule has 1 aromatic carbocycles. The standard InChI is InChI=1S/C14H16ClNO3S/c15-12-6-5-10(7-11(12)14(18)19)20-8-13(17)16-9-3-1-2-4-9/h5-7,9H,1-4,8H2,(H,16,17)(H,18,19). The number of rotatable bonds is 5. The number of amides is 1. The van der Waals surface area contributed by atoms with Gasteiger partial charge < -0.3 is 10.4 Å². The fourth-order valence-corrected chi connectivity index (χ4v) is 3.19. The van der Waals surface area contributed by atoms with Crippen molar-refractivity contribution in [1.82, 2.24) is 5.32 Å². The molecule has 0 radical (unpaired) electrons. The van der Waals surface area contributed by atoms with Crippen molar-refractivity contribution < 1.29 is 14.7 Å². The Morgan fingerprint density at radius 2 is 2.05 bits per heavy atom. The fourth-order valence-electron chi connectivity index (χ4n) is 2.25. The van der Waals surface area contributed by atoms with E-state index in [1.165, 1.54) is 30.7 Å². The summed E-state index contributed by atoms with van der Waals surface area (Å²) in [5.74, 6) is -0.779. The molecule has 1 aliphatic rings. The minimum absolute atomic E-state index is 0.00581. The van der Waals surface area contributed by atoms with Crippen LogP contribution in [0.3, 0.4) is 0 Å². The Morgan fingerprint density at radius 1 is 1.35 bits per heavy atom. The maximum Gasteiger partial charge on any atom is 0.337 e. The summed E-state index contributed by atoms with van der Waals surface area (Å²) >= 11 is 7.12. The van der Waals surface area contributed by atoms with Crippen LogP contribution in [0.2, 0.25) is 5.02 Å². The number of carboxylic acids is 1. The monoisotopic (exact) mass is 313 g/mol. The Morgan fingerprint density at radius 3 is 2.70 bits per heavy atom. The van der Waals surface area contributed by atoms with Crippen molar-refractivity contribution in [3.63, 3.8) is 0 Å². The summed E-state index contributed by atoms with van der Waals surface area (Å²) in [4.78, 5) is 23.5. The Bertz CT molecular complexity index is 515. The van der Waals surface area contributed by atoms with Gasteiger partial charge >= 0.3 is 5.97 Å². The van der Waals surface area contributed by atoms with Crippen LogP contribution >= 0.6 is 23.4 Å². The van der Waals surface area contributed by atoms with Crippen molar-refractivity contribution in [3.8, 4) is 0 Å². The Labute approximate surface area is 126 Å². The van der Waals surface area contributed by atoms with Gasteiger partial charge in [-0.1, -0.05) is 24.4 Å². The smallest absolute Gasteiger partial charge is 0.337 e. The molecule has 2 N–H and O–H groups in total. The van der Waals surface area contributed by atoms with E-state index >= 15 is 0 Å². The molecule has 0 aromatic heterocycles. The predicted molar refractivity (Wildman–Crippen MR) is 79.5 cm³/mol. The maximum atomic E-state index is 11.8. The molecule has 20 heavy (non-hydrogen) atoms. The summed E-state index contributed by atoms with van der Waals surface area (Å²) in [5.41, 5.74) is 0.0628. The molecule has 4 nitrogen and oxygen atoms in total. The molecule has 0 heterocycles. The molecule has 2 rings (SSSR count). The largest absolute Gasteiger partial charge is 0.478 e. The normalized spacial score (nSPS) is 15.2. The number of halogens is 1. The van der Waals surface area contributed by atoms with Crippen molar-refractivity contribution in [3.05, 3.63) is 28.8 Å². The number of thioether (sulfide) groups is 1. The number of carbonyl (C=O) groups excluding carboxylic acids is 1. The van der Waals surface area contributed by atoms with Crippen LogP contribution in [-0.4, -0.2) is 28.8 Å². The maximum absolute atomic E-state index is 11.8. The van der Waals surface area contributed by atoms with Crippen molar-refractivity contribution in [2.75, 3.05) is 5.75 Å². The molecule has 1 amide bonds. The molecule has 108 valence electrons. The number of carboxylic acid groups (broad SMARTS) is 1. The molecule has 1 aromatic rings. The van der Waals surface area contributed by atoms with Gasteiger partial charge in [-0.15, -0.1) is 11.8 Å². The first-order valence-corrected chi connectivity index (χ1v) is 7.87. The molecular formula is C14H16ClNO3S. The third kappa shape index (κ3) is 4.15. The number of benzene rings is 1.